The molecule has 12 heteroatoms. The standard InChI is InChI=1S/C28H27ClN8O3/c1-15-3-2-4-23(31-15)33-28(40)26-16-5-7-18(11-16)37(26)25(38)14-36-13-20(27(30)39)19-12-17(6-8-21(19)36)32-24-10-9-22(29)34-35-24/h2-4,6,8-10,12-13,16,18,26H,5,7,11,14H2,1H3,(H2,30,39)(H,32,35)(H,31,33,40)/t16-,18?,26?/m1/s1. The van der Waals surface area contributed by atoms with Gasteiger partial charge in [0.1, 0.15) is 18.4 Å². The van der Waals surface area contributed by atoms with E-state index >= 15 is 0 Å². The molecule has 1 aliphatic heterocycles. The summed E-state index contributed by atoms with van der Waals surface area (Å²) in [6, 6.07) is 13.6. The number of aromatic nitrogens is 4. The number of carbonyl (C=O) groups excluding carboxylic acids is 3. The second-order valence-corrected chi connectivity index (χ2v) is 10.6. The van der Waals surface area contributed by atoms with E-state index in [4.69, 9.17) is 17.3 Å². The summed E-state index contributed by atoms with van der Waals surface area (Å²) in [7, 11) is 0. The van der Waals surface area contributed by atoms with Crippen LogP contribution in [-0.4, -0.2) is 54.5 Å². The molecule has 2 bridgehead atoms. The fourth-order valence-corrected chi connectivity index (χ4v) is 6.06. The third-order valence-electron chi connectivity index (χ3n) is 7.64. The van der Waals surface area contributed by atoms with Gasteiger partial charge in [0, 0.05) is 34.5 Å². The summed E-state index contributed by atoms with van der Waals surface area (Å²) in [5.74, 6) is 0.0320. The highest BCUT2D eigenvalue weighted by molar-refractivity contribution is 6.29. The Labute approximate surface area is 234 Å². The number of fused-ring (bicyclic) bond motifs is 3. The number of hydrogen-bond donors (Lipinski definition) is 3. The molecule has 204 valence electrons. The highest BCUT2D eigenvalue weighted by Gasteiger charge is 2.51. The average molecular weight is 559 g/mol. The lowest BCUT2D eigenvalue weighted by atomic mass is 9.97. The third kappa shape index (κ3) is 4.84. The van der Waals surface area contributed by atoms with Crippen molar-refractivity contribution in [3.63, 3.8) is 0 Å². The minimum atomic E-state index is -0.609. The molecule has 3 aromatic heterocycles. The number of aryl methyl sites for hydroxylation is 1. The number of hydrogen-bond acceptors (Lipinski definition) is 7. The minimum absolute atomic E-state index is 0.00689. The van der Waals surface area contributed by atoms with Crippen molar-refractivity contribution in [1.82, 2.24) is 24.6 Å². The van der Waals surface area contributed by atoms with E-state index in [1.807, 2.05) is 31.2 Å². The molecular weight excluding hydrogens is 532 g/mol. The Hall–Kier alpha value is -4.51. The summed E-state index contributed by atoms with van der Waals surface area (Å²) in [6.07, 6.45) is 4.16. The van der Waals surface area contributed by atoms with Gasteiger partial charge in [0.25, 0.3) is 5.91 Å². The van der Waals surface area contributed by atoms with Gasteiger partial charge in [-0.3, -0.25) is 14.4 Å². The molecular formula is C28H27ClN8O3. The molecule has 2 unspecified atom stereocenters. The van der Waals surface area contributed by atoms with E-state index in [0.29, 0.717) is 28.2 Å². The Kier molecular flexibility index (Phi) is 6.59. The first-order valence-corrected chi connectivity index (χ1v) is 13.4. The van der Waals surface area contributed by atoms with E-state index < -0.39 is 11.9 Å². The summed E-state index contributed by atoms with van der Waals surface area (Å²) in [5, 5.41) is 14.7. The van der Waals surface area contributed by atoms with Crippen LogP contribution in [0.3, 0.4) is 0 Å². The van der Waals surface area contributed by atoms with E-state index in [2.05, 4.69) is 25.8 Å². The number of amides is 3. The molecule has 2 fully saturated rings. The van der Waals surface area contributed by atoms with Crippen LogP contribution in [0.25, 0.3) is 10.9 Å². The van der Waals surface area contributed by atoms with E-state index in [0.717, 1.165) is 25.0 Å². The lowest BCUT2D eigenvalue weighted by Crippen LogP contribution is -2.51. The number of halogens is 1. The molecule has 0 radical (unpaired) electrons. The Bertz CT molecular complexity index is 1640. The summed E-state index contributed by atoms with van der Waals surface area (Å²) < 4.78 is 1.71. The summed E-state index contributed by atoms with van der Waals surface area (Å²) >= 11 is 5.82. The van der Waals surface area contributed by atoms with Crippen molar-refractivity contribution in [2.75, 3.05) is 10.6 Å². The van der Waals surface area contributed by atoms with Gasteiger partial charge in [0.05, 0.1) is 5.56 Å². The normalized spacial score (nSPS) is 19.6. The number of primary amides is 1. The fraction of sp³-hybridized carbons (Fsp3) is 0.286. The number of rotatable bonds is 7. The SMILES string of the molecule is Cc1cccc(NC(=O)C2[C@@H]3CCC(C3)N2C(=O)Cn2cc(C(N)=O)c3cc(Nc4ccc(Cl)nn4)ccc32)n1. The van der Waals surface area contributed by atoms with Crippen molar-refractivity contribution in [2.24, 2.45) is 11.7 Å². The first-order valence-electron chi connectivity index (χ1n) is 13.0. The third-order valence-corrected chi connectivity index (χ3v) is 7.84. The highest BCUT2D eigenvalue weighted by atomic mass is 35.5. The molecule has 4 aromatic rings. The predicted molar refractivity (Wildman–Crippen MR) is 150 cm³/mol. The quantitative estimate of drug-likeness (QED) is 0.313. The Morgan fingerprint density at radius 2 is 1.93 bits per heavy atom. The van der Waals surface area contributed by atoms with Crippen LogP contribution >= 0.6 is 11.6 Å². The van der Waals surface area contributed by atoms with Crippen LogP contribution in [0, 0.1) is 12.8 Å². The van der Waals surface area contributed by atoms with Gasteiger partial charge in [0.15, 0.2) is 11.0 Å². The lowest BCUT2D eigenvalue weighted by molar-refractivity contribution is -0.141. The first-order chi connectivity index (χ1) is 19.3. The van der Waals surface area contributed by atoms with Gasteiger partial charge in [-0.05, 0) is 74.6 Å². The summed E-state index contributed by atoms with van der Waals surface area (Å²) in [5.41, 5.74) is 8.11. The van der Waals surface area contributed by atoms with Crippen LogP contribution < -0.4 is 16.4 Å². The largest absolute Gasteiger partial charge is 0.366 e. The van der Waals surface area contributed by atoms with Gasteiger partial charge in [-0.1, -0.05) is 17.7 Å². The molecule has 1 aromatic carbocycles. The fourth-order valence-electron chi connectivity index (χ4n) is 5.96. The first kappa shape index (κ1) is 25.8. The average Bonchev–Trinajstić information content (AvgIpc) is 3.63. The highest BCUT2D eigenvalue weighted by Crippen LogP contribution is 2.43. The van der Waals surface area contributed by atoms with Crippen LogP contribution in [0.1, 0.15) is 35.3 Å². The predicted octanol–water partition coefficient (Wildman–Crippen LogP) is 3.65. The molecule has 1 saturated heterocycles. The van der Waals surface area contributed by atoms with Crippen molar-refractivity contribution >= 4 is 57.5 Å². The maximum Gasteiger partial charge on any atom is 0.250 e. The van der Waals surface area contributed by atoms with Crippen molar-refractivity contribution in [2.45, 2.75) is 44.8 Å². The van der Waals surface area contributed by atoms with Gasteiger partial charge >= 0.3 is 0 Å². The Morgan fingerprint density at radius 1 is 1.07 bits per heavy atom. The van der Waals surface area contributed by atoms with Gasteiger partial charge in [0.2, 0.25) is 11.8 Å². The number of nitrogens with one attached hydrogen (secondary N) is 2. The zero-order valence-electron chi connectivity index (χ0n) is 21.7. The summed E-state index contributed by atoms with van der Waals surface area (Å²) in [4.78, 5) is 45.5. The van der Waals surface area contributed by atoms with Gasteiger partial charge < -0.3 is 25.8 Å². The van der Waals surface area contributed by atoms with Gasteiger partial charge in [-0.25, -0.2) is 4.98 Å². The molecule has 40 heavy (non-hydrogen) atoms. The maximum atomic E-state index is 13.7. The van der Waals surface area contributed by atoms with Gasteiger partial charge in [-0.15, -0.1) is 10.2 Å². The number of nitrogens with zero attached hydrogens (tertiary/aromatic N) is 5. The molecule has 3 amide bonds. The summed E-state index contributed by atoms with van der Waals surface area (Å²) in [6.45, 7) is 1.82. The maximum absolute atomic E-state index is 13.7. The van der Waals surface area contributed by atoms with Crippen LogP contribution in [0.15, 0.2) is 54.7 Å². The van der Waals surface area contributed by atoms with E-state index in [-0.39, 0.29) is 41.0 Å². The van der Waals surface area contributed by atoms with Crippen molar-refractivity contribution in [3.8, 4) is 0 Å². The molecule has 4 N–H and O–H groups in total. The number of pyridine rings is 1. The minimum Gasteiger partial charge on any atom is -0.366 e. The van der Waals surface area contributed by atoms with E-state index in [1.54, 1.807) is 39.9 Å². The van der Waals surface area contributed by atoms with Crippen LogP contribution in [0.4, 0.5) is 17.3 Å². The van der Waals surface area contributed by atoms with Crippen molar-refractivity contribution in [3.05, 3.63) is 71.1 Å². The van der Waals surface area contributed by atoms with Crippen molar-refractivity contribution < 1.29 is 14.4 Å². The Morgan fingerprint density at radius 3 is 2.67 bits per heavy atom. The number of nitrogens with two attached hydrogens (primary N) is 1. The topological polar surface area (TPSA) is 148 Å². The Balaban J connectivity index is 1.25. The van der Waals surface area contributed by atoms with Crippen LogP contribution in [-0.2, 0) is 16.1 Å². The number of piperidine rings is 1. The number of carbonyl (C=O) groups is 3. The molecule has 2 aliphatic rings. The monoisotopic (exact) mass is 558 g/mol. The number of benzene rings is 1. The van der Waals surface area contributed by atoms with Crippen LogP contribution in [0.5, 0.6) is 0 Å². The molecule has 11 nitrogen and oxygen atoms in total. The number of anilines is 3. The molecule has 1 aliphatic carbocycles. The molecule has 1 saturated carbocycles. The second-order valence-electron chi connectivity index (χ2n) is 10.3. The molecule has 4 heterocycles. The van der Waals surface area contributed by atoms with Crippen LogP contribution in [0.2, 0.25) is 5.15 Å². The molecule has 3 atom stereocenters. The zero-order valence-corrected chi connectivity index (χ0v) is 22.4. The molecule has 0 spiro atoms. The lowest BCUT2D eigenvalue weighted by Gasteiger charge is -2.34. The molecule has 6 rings (SSSR count). The van der Waals surface area contributed by atoms with E-state index in [9.17, 15) is 14.4 Å². The zero-order chi connectivity index (χ0) is 28.0. The number of likely N-dealkylation sites (tertiary alicyclic amines) is 1. The smallest absolute Gasteiger partial charge is 0.250 e. The van der Waals surface area contributed by atoms with Gasteiger partial charge in [-0.2, -0.15) is 0 Å². The second kappa shape index (κ2) is 10.2. The van der Waals surface area contributed by atoms with E-state index in [1.165, 1.54) is 0 Å². The van der Waals surface area contributed by atoms with Crippen molar-refractivity contribution in [1.29, 1.82) is 0 Å².